The summed E-state index contributed by atoms with van der Waals surface area (Å²) in [6.07, 6.45) is 0.297. The molecule has 0 bridgehead atoms. The van der Waals surface area contributed by atoms with Gasteiger partial charge in [-0.05, 0) is 24.6 Å². The lowest BCUT2D eigenvalue weighted by Crippen LogP contribution is -2.17. The van der Waals surface area contributed by atoms with E-state index in [2.05, 4.69) is 5.32 Å². The zero-order valence-corrected chi connectivity index (χ0v) is 10.9. The van der Waals surface area contributed by atoms with Crippen LogP contribution in [0.1, 0.15) is 12.0 Å². The monoisotopic (exact) mass is 252 g/mol. The van der Waals surface area contributed by atoms with Gasteiger partial charge >= 0.3 is 0 Å². The molecule has 1 aromatic carbocycles. The Morgan fingerprint density at radius 2 is 2.17 bits per heavy atom. The maximum Gasteiger partial charge on any atom is 0.225 e. The highest BCUT2D eigenvalue weighted by Gasteiger charge is 2.07. The van der Waals surface area contributed by atoms with Crippen LogP contribution < -0.4 is 15.8 Å². The Hall–Kier alpha value is -1.59. The summed E-state index contributed by atoms with van der Waals surface area (Å²) in [6, 6.07) is 5.63. The van der Waals surface area contributed by atoms with E-state index in [0.717, 1.165) is 5.56 Å². The van der Waals surface area contributed by atoms with Gasteiger partial charge in [-0.1, -0.05) is 6.07 Å². The molecular weight excluding hydrogens is 232 g/mol. The molecule has 18 heavy (non-hydrogen) atoms. The molecule has 1 rings (SSSR count). The Bertz CT molecular complexity index is 394. The van der Waals surface area contributed by atoms with Gasteiger partial charge in [0.1, 0.15) is 12.4 Å². The van der Waals surface area contributed by atoms with Crippen LogP contribution in [0.4, 0.5) is 5.69 Å². The molecule has 100 valence electrons. The largest absolute Gasteiger partial charge is 0.489 e. The summed E-state index contributed by atoms with van der Waals surface area (Å²) in [6.45, 7) is 3.25. The molecule has 1 aromatic rings. The lowest BCUT2D eigenvalue weighted by atomic mass is 10.2. The Morgan fingerprint density at radius 3 is 2.83 bits per heavy atom. The molecule has 0 aliphatic heterocycles. The number of nitrogens with two attached hydrogens (primary N) is 1. The van der Waals surface area contributed by atoms with Gasteiger partial charge in [0, 0.05) is 20.1 Å². The van der Waals surface area contributed by atoms with E-state index >= 15 is 0 Å². The van der Waals surface area contributed by atoms with Crippen LogP contribution in [0.3, 0.4) is 0 Å². The van der Waals surface area contributed by atoms with E-state index in [0.29, 0.717) is 37.6 Å². The number of benzene rings is 1. The van der Waals surface area contributed by atoms with E-state index in [1.54, 1.807) is 7.11 Å². The summed E-state index contributed by atoms with van der Waals surface area (Å²) in [7, 11) is 1.61. The molecule has 0 unspecified atom stereocenters. The van der Waals surface area contributed by atoms with Crippen molar-refractivity contribution in [2.45, 2.75) is 13.3 Å². The molecule has 0 spiro atoms. The van der Waals surface area contributed by atoms with Crippen molar-refractivity contribution < 1.29 is 14.3 Å². The van der Waals surface area contributed by atoms with Crippen molar-refractivity contribution >= 4 is 11.6 Å². The van der Waals surface area contributed by atoms with Crippen molar-refractivity contribution in [2.24, 2.45) is 5.73 Å². The Morgan fingerprint density at radius 1 is 1.39 bits per heavy atom. The minimum Gasteiger partial charge on any atom is -0.489 e. The smallest absolute Gasteiger partial charge is 0.225 e. The average Bonchev–Trinajstić information content (AvgIpc) is 2.33. The van der Waals surface area contributed by atoms with Crippen LogP contribution in [0, 0.1) is 6.92 Å². The van der Waals surface area contributed by atoms with E-state index in [1.807, 2.05) is 25.1 Å². The first-order chi connectivity index (χ1) is 8.67. The van der Waals surface area contributed by atoms with Crippen LogP contribution in [-0.4, -0.2) is 32.8 Å². The van der Waals surface area contributed by atoms with Gasteiger partial charge in [0.15, 0.2) is 0 Å². The SMILES string of the molecule is COCCOc1cc(C)ccc1NC(=O)CCN. The number of anilines is 1. The van der Waals surface area contributed by atoms with Crippen molar-refractivity contribution in [1.82, 2.24) is 0 Å². The maximum absolute atomic E-state index is 11.5. The molecule has 0 radical (unpaired) electrons. The number of hydrogen-bond donors (Lipinski definition) is 2. The predicted octanol–water partition coefficient (Wildman–Crippen LogP) is 1.31. The van der Waals surface area contributed by atoms with E-state index in [1.165, 1.54) is 0 Å². The highest BCUT2D eigenvalue weighted by atomic mass is 16.5. The second kappa shape index (κ2) is 7.68. The van der Waals surface area contributed by atoms with Crippen molar-refractivity contribution in [1.29, 1.82) is 0 Å². The normalized spacial score (nSPS) is 10.2. The lowest BCUT2D eigenvalue weighted by Gasteiger charge is -2.13. The van der Waals surface area contributed by atoms with Gasteiger partial charge in [0.2, 0.25) is 5.91 Å². The second-order valence-corrected chi connectivity index (χ2v) is 3.93. The summed E-state index contributed by atoms with van der Waals surface area (Å²) >= 11 is 0. The highest BCUT2D eigenvalue weighted by molar-refractivity contribution is 5.92. The second-order valence-electron chi connectivity index (χ2n) is 3.93. The van der Waals surface area contributed by atoms with Crippen molar-refractivity contribution in [2.75, 3.05) is 32.2 Å². The highest BCUT2D eigenvalue weighted by Crippen LogP contribution is 2.25. The number of methoxy groups -OCH3 is 1. The molecule has 0 aromatic heterocycles. The zero-order valence-electron chi connectivity index (χ0n) is 10.9. The fourth-order valence-corrected chi connectivity index (χ4v) is 1.43. The van der Waals surface area contributed by atoms with Crippen LogP contribution in [0.15, 0.2) is 18.2 Å². The molecule has 0 atom stereocenters. The van der Waals surface area contributed by atoms with E-state index in [9.17, 15) is 4.79 Å². The summed E-state index contributed by atoms with van der Waals surface area (Å²) in [5, 5.41) is 2.78. The maximum atomic E-state index is 11.5. The minimum absolute atomic E-state index is 0.113. The van der Waals surface area contributed by atoms with Crippen LogP contribution >= 0.6 is 0 Å². The molecule has 0 fully saturated rings. The number of carbonyl (C=O) groups excluding carboxylic acids is 1. The molecule has 0 aliphatic rings. The summed E-state index contributed by atoms with van der Waals surface area (Å²) in [5.41, 5.74) is 7.07. The number of carbonyl (C=O) groups is 1. The number of nitrogens with one attached hydrogen (secondary N) is 1. The summed E-state index contributed by atoms with van der Waals surface area (Å²) in [4.78, 5) is 11.5. The van der Waals surface area contributed by atoms with Gasteiger partial charge in [-0.25, -0.2) is 0 Å². The van der Waals surface area contributed by atoms with Gasteiger partial charge in [0.25, 0.3) is 0 Å². The third kappa shape index (κ3) is 4.73. The standard InChI is InChI=1S/C13H20N2O3/c1-10-3-4-11(15-13(16)5-6-14)12(9-10)18-8-7-17-2/h3-4,9H,5-8,14H2,1-2H3,(H,15,16). The molecule has 5 nitrogen and oxygen atoms in total. The number of ether oxygens (including phenoxy) is 2. The Labute approximate surface area is 107 Å². The fourth-order valence-electron chi connectivity index (χ4n) is 1.43. The lowest BCUT2D eigenvalue weighted by molar-refractivity contribution is -0.116. The fraction of sp³-hybridized carbons (Fsp3) is 0.462. The first kappa shape index (κ1) is 14.5. The first-order valence-corrected chi connectivity index (χ1v) is 5.89. The molecule has 0 heterocycles. The number of rotatable bonds is 7. The molecule has 0 saturated heterocycles. The van der Waals surface area contributed by atoms with Crippen LogP contribution in [-0.2, 0) is 9.53 Å². The number of amides is 1. The molecule has 0 saturated carbocycles. The van der Waals surface area contributed by atoms with E-state index in [4.69, 9.17) is 15.2 Å². The van der Waals surface area contributed by atoms with E-state index in [-0.39, 0.29) is 5.91 Å². The number of aryl methyl sites for hydroxylation is 1. The first-order valence-electron chi connectivity index (χ1n) is 5.89. The Balaban J connectivity index is 2.72. The topological polar surface area (TPSA) is 73.6 Å². The predicted molar refractivity (Wildman–Crippen MR) is 70.9 cm³/mol. The van der Waals surface area contributed by atoms with Gasteiger partial charge in [-0.2, -0.15) is 0 Å². The van der Waals surface area contributed by atoms with Gasteiger partial charge in [-0.3, -0.25) is 4.79 Å². The van der Waals surface area contributed by atoms with Crippen molar-refractivity contribution in [3.63, 3.8) is 0 Å². The van der Waals surface area contributed by atoms with Crippen LogP contribution in [0.2, 0.25) is 0 Å². The number of hydrogen-bond acceptors (Lipinski definition) is 4. The van der Waals surface area contributed by atoms with E-state index < -0.39 is 0 Å². The summed E-state index contributed by atoms with van der Waals surface area (Å²) < 4.78 is 10.5. The molecule has 1 amide bonds. The minimum atomic E-state index is -0.113. The molecule has 3 N–H and O–H groups in total. The van der Waals surface area contributed by atoms with Crippen LogP contribution in [0.5, 0.6) is 5.75 Å². The third-order valence-electron chi connectivity index (χ3n) is 2.33. The van der Waals surface area contributed by atoms with Gasteiger partial charge in [0.05, 0.1) is 12.3 Å². The molecular formula is C13H20N2O3. The third-order valence-corrected chi connectivity index (χ3v) is 2.33. The van der Waals surface area contributed by atoms with Crippen molar-refractivity contribution in [3.05, 3.63) is 23.8 Å². The van der Waals surface area contributed by atoms with Crippen LogP contribution in [0.25, 0.3) is 0 Å². The molecule has 5 heteroatoms. The molecule has 0 aliphatic carbocycles. The van der Waals surface area contributed by atoms with Crippen molar-refractivity contribution in [3.8, 4) is 5.75 Å². The average molecular weight is 252 g/mol. The zero-order chi connectivity index (χ0) is 13.4. The summed E-state index contributed by atoms with van der Waals surface area (Å²) in [5.74, 6) is 0.537. The quantitative estimate of drug-likeness (QED) is 0.717. The Kier molecular flexibility index (Phi) is 6.18. The van der Waals surface area contributed by atoms with Gasteiger partial charge in [-0.15, -0.1) is 0 Å². The van der Waals surface area contributed by atoms with Gasteiger partial charge < -0.3 is 20.5 Å².